The Kier molecular flexibility index (Phi) is 5.63. The van der Waals surface area contributed by atoms with Gasteiger partial charge in [-0.25, -0.2) is 0 Å². The predicted molar refractivity (Wildman–Crippen MR) is 77.4 cm³/mol. The van der Waals surface area contributed by atoms with Crippen LogP contribution in [0.1, 0.15) is 46.0 Å². The van der Waals surface area contributed by atoms with Gasteiger partial charge < -0.3 is 15.2 Å². The van der Waals surface area contributed by atoms with E-state index in [0.717, 1.165) is 45.5 Å². The summed E-state index contributed by atoms with van der Waals surface area (Å²) >= 11 is 0. The third kappa shape index (κ3) is 5.03. The molecule has 0 radical (unpaired) electrons. The molecule has 1 aliphatic heterocycles. The van der Waals surface area contributed by atoms with E-state index in [1.54, 1.807) is 0 Å². The molecule has 0 bridgehead atoms. The van der Waals surface area contributed by atoms with E-state index in [9.17, 15) is 5.11 Å². The molecule has 0 spiro atoms. The molecule has 4 heteroatoms. The summed E-state index contributed by atoms with van der Waals surface area (Å²) < 4.78 is 5.69. The molecule has 1 saturated heterocycles. The Bertz CT molecular complexity index is 271. The minimum atomic E-state index is -0.0857. The second kappa shape index (κ2) is 7.02. The first-order chi connectivity index (χ1) is 9.15. The summed E-state index contributed by atoms with van der Waals surface area (Å²) in [4.78, 5) is 2.51. The molecular weight excluding hydrogens is 240 g/mol. The quantitative estimate of drug-likeness (QED) is 0.699. The van der Waals surface area contributed by atoms with Crippen molar-refractivity contribution in [2.75, 3.05) is 32.8 Å². The van der Waals surface area contributed by atoms with Crippen molar-refractivity contribution in [3.05, 3.63) is 0 Å². The van der Waals surface area contributed by atoms with Crippen LogP contribution in [0.4, 0.5) is 0 Å². The Hall–Kier alpha value is -0.160. The molecule has 0 aromatic carbocycles. The Morgan fingerprint density at radius 3 is 2.84 bits per heavy atom. The van der Waals surface area contributed by atoms with Crippen molar-refractivity contribution in [1.29, 1.82) is 0 Å². The minimum Gasteiger partial charge on any atom is -0.394 e. The third-order valence-corrected chi connectivity index (χ3v) is 4.36. The Balaban J connectivity index is 1.66. The first-order valence-corrected chi connectivity index (χ1v) is 7.88. The zero-order chi connectivity index (χ0) is 13.7. The zero-order valence-electron chi connectivity index (χ0n) is 12.5. The van der Waals surface area contributed by atoms with Crippen molar-refractivity contribution in [2.45, 2.75) is 63.6 Å². The largest absolute Gasteiger partial charge is 0.394 e. The van der Waals surface area contributed by atoms with Crippen LogP contribution in [0.2, 0.25) is 0 Å². The second-order valence-corrected chi connectivity index (χ2v) is 6.44. The first kappa shape index (κ1) is 15.2. The fourth-order valence-corrected chi connectivity index (χ4v) is 2.84. The number of rotatable bonds is 8. The highest BCUT2D eigenvalue weighted by molar-refractivity contribution is 4.92. The number of hydrogen-bond acceptors (Lipinski definition) is 4. The first-order valence-electron chi connectivity index (χ1n) is 7.88. The van der Waals surface area contributed by atoms with E-state index in [1.165, 1.54) is 12.8 Å². The molecule has 0 amide bonds. The van der Waals surface area contributed by atoms with Gasteiger partial charge in [-0.2, -0.15) is 0 Å². The van der Waals surface area contributed by atoms with Gasteiger partial charge in [0.25, 0.3) is 0 Å². The Labute approximate surface area is 117 Å². The number of ether oxygens (including phenoxy) is 1. The summed E-state index contributed by atoms with van der Waals surface area (Å²) in [7, 11) is 0. The van der Waals surface area contributed by atoms with Crippen LogP contribution in [0.25, 0.3) is 0 Å². The van der Waals surface area contributed by atoms with E-state index in [2.05, 4.69) is 24.1 Å². The van der Waals surface area contributed by atoms with Crippen molar-refractivity contribution >= 4 is 0 Å². The molecule has 0 aromatic rings. The van der Waals surface area contributed by atoms with Gasteiger partial charge in [-0.15, -0.1) is 0 Å². The summed E-state index contributed by atoms with van der Waals surface area (Å²) in [5, 5.41) is 13.2. The lowest BCUT2D eigenvalue weighted by Crippen LogP contribution is -2.48. The monoisotopic (exact) mass is 270 g/mol. The van der Waals surface area contributed by atoms with Crippen molar-refractivity contribution in [3.63, 3.8) is 0 Å². The normalized spacial score (nSPS) is 28.3. The maximum atomic E-state index is 9.58. The van der Waals surface area contributed by atoms with Gasteiger partial charge in [0.1, 0.15) is 0 Å². The van der Waals surface area contributed by atoms with E-state index in [1.807, 2.05) is 0 Å². The maximum absolute atomic E-state index is 9.58. The fourth-order valence-electron chi connectivity index (χ4n) is 2.84. The van der Waals surface area contributed by atoms with Crippen LogP contribution in [0.5, 0.6) is 0 Å². The SMILES string of the molecule is CCC1CN(CCCC(C)(CO)NC2CC2)CCO1. The molecule has 2 fully saturated rings. The summed E-state index contributed by atoms with van der Waals surface area (Å²) in [5.41, 5.74) is -0.0857. The summed E-state index contributed by atoms with van der Waals surface area (Å²) in [6.45, 7) is 8.71. The van der Waals surface area contributed by atoms with Crippen molar-refractivity contribution in [2.24, 2.45) is 0 Å². The van der Waals surface area contributed by atoms with Crippen LogP contribution in [-0.2, 0) is 4.74 Å². The highest BCUT2D eigenvalue weighted by Gasteiger charge is 2.31. The van der Waals surface area contributed by atoms with E-state index in [0.29, 0.717) is 12.1 Å². The maximum Gasteiger partial charge on any atom is 0.0700 e. The van der Waals surface area contributed by atoms with Gasteiger partial charge in [0, 0.05) is 24.7 Å². The van der Waals surface area contributed by atoms with Crippen LogP contribution in [0, 0.1) is 0 Å². The molecule has 4 nitrogen and oxygen atoms in total. The van der Waals surface area contributed by atoms with Gasteiger partial charge in [-0.3, -0.25) is 4.90 Å². The number of nitrogens with zero attached hydrogens (tertiary/aromatic N) is 1. The molecule has 1 aliphatic carbocycles. The topological polar surface area (TPSA) is 44.7 Å². The Morgan fingerprint density at radius 2 is 2.21 bits per heavy atom. The molecule has 2 aliphatic rings. The minimum absolute atomic E-state index is 0.0857. The van der Waals surface area contributed by atoms with Crippen LogP contribution < -0.4 is 5.32 Å². The number of aliphatic hydroxyl groups is 1. The van der Waals surface area contributed by atoms with Gasteiger partial charge in [-0.1, -0.05) is 6.92 Å². The third-order valence-electron chi connectivity index (χ3n) is 4.36. The molecule has 2 N–H and O–H groups in total. The summed E-state index contributed by atoms with van der Waals surface area (Å²) in [5.74, 6) is 0. The summed E-state index contributed by atoms with van der Waals surface area (Å²) in [6, 6.07) is 0.657. The van der Waals surface area contributed by atoms with E-state index in [4.69, 9.17) is 4.74 Å². The molecule has 2 atom stereocenters. The molecule has 2 unspecified atom stereocenters. The van der Waals surface area contributed by atoms with Gasteiger partial charge >= 0.3 is 0 Å². The molecule has 0 aromatic heterocycles. The lowest BCUT2D eigenvalue weighted by Gasteiger charge is -2.34. The van der Waals surface area contributed by atoms with E-state index < -0.39 is 0 Å². The van der Waals surface area contributed by atoms with E-state index in [-0.39, 0.29) is 12.1 Å². The van der Waals surface area contributed by atoms with Crippen molar-refractivity contribution < 1.29 is 9.84 Å². The smallest absolute Gasteiger partial charge is 0.0700 e. The van der Waals surface area contributed by atoms with Crippen molar-refractivity contribution in [1.82, 2.24) is 10.2 Å². The average molecular weight is 270 g/mol. The number of aliphatic hydroxyl groups excluding tert-OH is 1. The van der Waals surface area contributed by atoms with Crippen molar-refractivity contribution in [3.8, 4) is 0 Å². The molecule has 112 valence electrons. The van der Waals surface area contributed by atoms with Gasteiger partial charge in [-0.05, 0) is 45.6 Å². The lowest BCUT2D eigenvalue weighted by molar-refractivity contribution is -0.0306. The highest BCUT2D eigenvalue weighted by atomic mass is 16.5. The van der Waals surface area contributed by atoms with Crippen LogP contribution in [0.15, 0.2) is 0 Å². The standard InChI is InChI=1S/C15H30N2O2/c1-3-14-11-17(9-10-19-14)8-4-7-15(2,12-18)16-13-5-6-13/h13-14,16,18H,3-12H2,1-2H3. The van der Waals surface area contributed by atoms with Gasteiger partial charge in [0.2, 0.25) is 0 Å². The predicted octanol–water partition coefficient (Wildman–Crippen LogP) is 1.38. The Morgan fingerprint density at radius 1 is 1.42 bits per heavy atom. The lowest BCUT2D eigenvalue weighted by atomic mass is 9.96. The molecule has 19 heavy (non-hydrogen) atoms. The average Bonchev–Trinajstić information content (AvgIpc) is 3.23. The second-order valence-electron chi connectivity index (χ2n) is 6.44. The molecule has 1 saturated carbocycles. The van der Waals surface area contributed by atoms with E-state index >= 15 is 0 Å². The highest BCUT2D eigenvalue weighted by Crippen LogP contribution is 2.24. The molecule has 1 heterocycles. The van der Waals surface area contributed by atoms with Gasteiger partial charge in [0.05, 0.1) is 19.3 Å². The molecule has 2 rings (SSSR count). The van der Waals surface area contributed by atoms with Crippen LogP contribution in [0.3, 0.4) is 0 Å². The zero-order valence-corrected chi connectivity index (χ0v) is 12.5. The number of nitrogens with one attached hydrogen (secondary N) is 1. The number of morpholine rings is 1. The molecular formula is C15H30N2O2. The van der Waals surface area contributed by atoms with Crippen LogP contribution in [-0.4, -0.2) is 60.5 Å². The summed E-state index contributed by atoms with van der Waals surface area (Å²) in [6.07, 6.45) is 6.27. The fraction of sp³-hybridized carbons (Fsp3) is 1.00. The van der Waals surface area contributed by atoms with Crippen LogP contribution >= 0.6 is 0 Å². The van der Waals surface area contributed by atoms with Gasteiger partial charge in [0.15, 0.2) is 0 Å². The number of hydrogen-bond donors (Lipinski definition) is 2.